The molecule has 3 unspecified atom stereocenters. The maximum Gasteiger partial charge on any atom is 0.421 e. The largest absolute Gasteiger partial charge is 0.421 e. The number of amides is 5. The van der Waals surface area contributed by atoms with Crippen molar-refractivity contribution >= 4 is 58.0 Å². The number of rotatable bonds is 19. The van der Waals surface area contributed by atoms with Crippen LogP contribution < -0.4 is 58.1 Å². The normalized spacial score (nSPS) is 16.8. The summed E-state index contributed by atoms with van der Waals surface area (Å²) in [5.74, 6) is -0.884. The molecule has 7 aliphatic rings. The second-order valence-corrected chi connectivity index (χ2v) is 36.7. The Balaban J connectivity index is 0.000000139. The van der Waals surface area contributed by atoms with Gasteiger partial charge in [0.25, 0.3) is 5.91 Å². The number of alkyl halides is 6. The number of carbonyl (C=O) groups excluding carboxylic acids is 5. The Hall–Kier alpha value is -12.4. The molecule has 130 heavy (non-hydrogen) atoms. The zero-order valence-electron chi connectivity index (χ0n) is 75.2. The van der Waals surface area contributed by atoms with E-state index in [1.807, 2.05) is 66.7 Å². The van der Waals surface area contributed by atoms with Crippen LogP contribution in [0.1, 0.15) is 252 Å². The Kier molecular flexibility index (Phi) is 30.1. The van der Waals surface area contributed by atoms with Crippen LogP contribution in [-0.4, -0.2) is 91.9 Å². The Morgan fingerprint density at radius 2 is 0.623 bits per heavy atom. The Morgan fingerprint density at radius 1 is 0.362 bits per heavy atom. The topological polar surface area (TPSA) is 270 Å². The van der Waals surface area contributed by atoms with Crippen LogP contribution in [0.15, 0.2) is 225 Å². The molecule has 24 heteroatoms. The molecule has 0 bridgehead atoms. The van der Waals surface area contributed by atoms with E-state index in [-0.39, 0.29) is 40.2 Å². The molecule has 3 atom stereocenters. The van der Waals surface area contributed by atoms with Gasteiger partial charge in [-0.05, 0) is 290 Å². The number of aliphatic hydroxyl groups is 2. The maximum absolute atomic E-state index is 13.0. The van der Waals surface area contributed by atoms with Crippen LogP contribution in [-0.2, 0) is 81.4 Å². The number of nitrogens with two attached hydrogens (primary N) is 4. The minimum Gasteiger partial charge on any atom is -0.382 e. The highest BCUT2D eigenvalue weighted by molar-refractivity contribution is 5.96. The smallest absolute Gasteiger partial charge is 0.382 e. The average molecular weight is 1780 g/mol. The molecule has 10 aromatic rings. The van der Waals surface area contributed by atoms with Gasteiger partial charge in [-0.1, -0.05) is 162 Å². The number of hydrogen-bond acceptors (Lipinski definition) is 13. The van der Waals surface area contributed by atoms with Crippen LogP contribution in [0.5, 0.6) is 0 Å². The van der Waals surface area contributed by atoms with Gasteiger partial charge in [0, 0.05) is 134 Å². The Labute approximate surface area is 759 Å². The molecule has 0 aromatic heterocycles. The summed E-state index contributed by atoms with van der Waals surface area (Å²) in [5, 5.41) is 25.6. The van der Waals surface area contributed by atoms with E-state index in [4.69, 9.17) is 22.9 Å². The molecule has 684 valence electrons. The van der Waals surface area contributed by atoms with Gasteiger partial charge < -0.3 is 68.3 Å². The summed E-state index contributed by atoms with van der Waals surface area (Å²) >= 11 is 0. The highest BCUT2D eigenvalue weighted by atomic mass is 19.4. The summed E-state index contributed by atoms with van der Waals surface area (Å²) in [4.78, 5) is 68.9. The number of nitrogens with one attached hydrogen (secondary N) is 2. The van der Waals surface area contributed by atoms with E-state index < -0.39 is 29.5 Å². The number of carbonyl (C=O) groups is 5. The van der Waals surface area contributed by atoms with Gasteiger partial charge in [0.2, 0.25) is 23.6 Å². The van der Waals surface area contributed by atoms with Crippen LogP contribution >= 0.6 is 0 Å². The zero-order chi connectivity index (χ0) is 93.0. The standard InChI is InChI=1S/C22H25N3O.C22H26N2O.C21H23F3N2O2.C21H26N2O.C20H21F3N2O2/c1-15-4-10-20(24-15)17-7-5-16(6-8-17)14-25-12-2-3-18-13-19(22(23)26)9-11-21(18)25;23-22(25)20-11-12-21-19(14-20)6-3-13-24(21)15-16-7-9-18(10-8-16)17-4-1-2-5-17;1-20(28,21(22,23)24)17-8-5-14(6-9-17)13-26-11-3-4-15-12-16(19(27)25-2)7-10-18(15)26;1-21(2,3)18-9-6-15(7-10-18)14-23-12-4-5-16-13-17(20(22)24)8-11-19(16)23;1-19(27,20(21,22)23)16-7-4-13(5-8-16)12-25-10-2-3-14-11-15(18(24)26)6-9-17(14)25/h5-9,11,13,20,24H,1-4,10,12,14H2,(H2,23,26);7-12,14,17H,1-6,13,15H2,(H2,23,25);5-10,12,28H,3-4,11,13H2,1-2H3,(H,25,27);6-11,13H,4-5,12,14H2,1-3H3,(H2,22,24);4-9,11,27H,2-3,10,12H2,1H3,(H2,24,26). The molecule has 1 saturated heterocycles. The van der Waals surface area contributed by atoms with E-state index in [1.54, 1.807) is 49.5 Å². The molecule has 0 radical (unpaired) electrons. The van der Waals surface area contributed by atoms with E-state index in [1.165, 1.54) is 117 Å². The molecular weight excluding hydrogens is 1650 g/mol. The van der Waals surface area contributed by atoms with Crippen LogP contribution in [0.25, 0.3) is 0 Å². The van der Waals surface area contributed by atoms with E-state index in [9.17, 15) is 60.5 Å². The molecule has 1 saturated carbocycles. The van der Waals surface area contributed by atoms with E-state index in [0.29, 0.717) is 46.9 Å². The van der Waals surface area contributed by atoms with E-state index in [0.717, 1.165) is 188 Å². The first-order chi connectivity index (χ1) is 61.9. The van der Waals surface area contributed by atoms with Crippen molar-refractivity contribution in [2.45, 2.75) is 211 Å². The summed E-state index contributed by atoms with van der Waals surface area (Å²) in [6.07, 6.45) is 8.10. The summed E-state index contributed by atoms with van der Waals surface area (Å²) in [6.45, 7) is 20.8. The number of halogens is 6. The molecule has 12 N–H and O–H groups in total. The van der Waals surface area contributed by atoms with Crippen molar-refractivity contribution in [2.75, 3.05) is 64.3 Å². The van der Waals surface area contributed by atoms with Crippen molar-refractivity contribution in [1.82, 2.24) is 10.6 Å². The number of aryl methyl sites for hydroxylation is 5. The summed E-state index contributed by atoms with van der Waals surface area (Å²) in [6, 6.07) is 67.6. The predicted molar refractivity (Wildman–Crippen MR) is 504 cm³/mol. The summed E-state index contributed by atoms with van der Waals surface area (Å²) in [7, 11) is 1.59. The van der Waals surface area contributed by atoms with Crippen molar-refractivity contribution < 1.29 is 60.5 Å². The molecule has 0 spiro atoms. The molecule has 5 amide bonds. The molecule has 2 fully saturated rings. The molecule has 10 aromatic carbocycles. The van der Waals surface area contributed by atoms with Crippen molar-refractivity contribution in [3.63, 3.8) is 0 Å². The van der Waals surface area contributed by atoms with Crippen LogP contribution in [0.4, 0.5) is 54.8 Å². The molecule has 18 nitrogen and oxygen atoms in total. The molecule has 6 aliphatic heterocycles. The lowest BCUT2D eigenvalue weighted by Crippen LogP contribution is -2.39. The number of primary amides is 4. The van der Waals surface area contributed by atoms with Crippen LogP contribution in [0, 0.1) is 0 Å². The third-order valence-corrected chi connectivity index (χ3v) is 26.2. The fourth-order valence-electron chi connectivity index (χ4n) is 18.5. The minimum absolute atomic E-state index is 0.132. The van der Waals surface area contributed by atoms with Crippen molar-refractivity contribution in [3.8, 4) is 0 Å². The fourth-order valence-corrected chi connectivity index (χ4v) is 18.5. The fraction of sp³-hybridized carbons (Fsp3) is 0.368. The number of hydrogen-bond donors (Lipinski definition) is 8. The van der Waals surface area contributed by atoms with Gasteiger partial charge in [-0.25, -0.2) is 0 Å². The quantitative estimate of drug-likeness (QED) is 0.0350. The van der Waals surface area contributed by atoms with Gasteiger partial charge in [0.05, 0.1) is 6.04 Å². The summed E-state index contributed by atoms with van der Waals surface area (Å²) < 4.78 is 77.8. The van der Waals surface area contributed by atoms with Crippen molar-refractivity contribution in [1.29, 1.82) is 0 Å². The van der Waals surface area contributed by atoms with E-state index in [2.05, 4.69) is 141 Å². The monoisotopic (exact) mass is 1770 g/mol. The maximum atomic E-state index is 13.0. The average Bonchev–Trinajstić information content (AvgIpc) is 0.792. The Bertz CT molecular complexity index is 5670. The van der Waals surface area contributed by atoms with Gasteiger partial charge >= 0.3 is 12.4 Å². The van der Waals surface area contributed by atoms with Gasteiger partial charge in [-0.2, -0.15) is 26.3 Å². The second kappa shape index (κ2) is 41.1. The number of nitrogens with zero attached hydrogens (tertiary/aromatic N) is 5. The number of anilines is 5. The lowest BCUT2D eigenvalue weighted by Gasteiger charge is -2.32. The van der Waals surface area contributed by atoms with Crippen LogP contribution in [0.2, 0.25) is 0 Å². The first-order valence-electron chi connectivity index (χ1n) is 45.2. The number of fused-ring (bicyclic) bond motifs is 5. The van der Waals surface area contributed by atoms with E-state index >= 15 is 0 Å². The zero-order valence-corrected chi connectivity index (χ0v) is 75.2. The molecule has 17 rings (SSSR count). The van der Waals surface area contributed by atoms with Crippen molar-refractivity contribution in [3.05, 3.63) is 336 Å². The molecular formula is C106H121F6N11O7. The van der Waals surface area contributed by atoms with Crippen LogP contribution in [0.3, 0.4) is 0 Å². The number of allylic oxidation sites excluding steroid dienone is 1. The highest BCUT2D eigenvalue weighted by Crippen LogP contribution is 2.43. The minimum atomic E-state index is -4.74. The lowest BCUT2D eigenvalue weighted by molar-refractivity contribution is -0.259. The first kappa shape index (κ1) is 95.2. The highest BCUT2D eigenvalue weighted by Gasteiger charge is 2.52. The predicted octanol–water partition coefficient (Wildman–Crippen LogP) is 19.4. The van der Waals surface area contributed by atoms with Gasteiger partial charge in [-0.15, -0.1) is 0 Å². The second-order valence-electron chi connectivity index (χ2n) is 36.7. The number of benzene rings is 10. The first-order valence-corrected chi connectivity index (χ1v) is 45.2. The SMILES string of the molecule is C=C1CCC(c2ccc(CN3CCCc4cc(C(N)=O)ccc43)cc2)N1.CC(C)(C)c1ccc(CN2CCCc3cc(C(N)=O)ccc32)cc1.CC(O)(c1ccc(CN2CCCc3cc(C(N)=O)ccc32)cc1)C(F)(F)F.CNC(=O)c1ccc2c(c1)CCCN2Cc1ccc(C(C)(O)C(F)(F)F)cc1.NC(=O)c1ccc2c(c1)CCCN2Cc1ccc(C2CCCC2)cc1. The molecule has 6 heterocycles. The van der Waals surface area contributed by atoms with Crippen molar-refractivity contribution in [2.24, 2.45) is 22.9 Å². The lowest BCUT2D eigenvalue weighted by atomic mass is 9.86. The third-order valence-electron chi connectivity index (χ3n) is 26.2. The molecule has 1 aliphatic carbocycles. The van der Waals surface area contributed by atoms with Gasteiger partial charge in [0.15, 0.2) is 11.2 Å². The van der Waals surface area contributed by atoms with Gasteiger partial charge in [-0.3, -0.25) is 24.0 Å². The third kappa shape index (κ3) is 23.4. The Morgan fingerprint density at radius 3 is 0.877 bits per heavy atom. The summed E-state index contributed by atoms with van der Waals surface area (Å²) in [5.41, 5.74) is 41.0. The van der Waals surface area contributed by atoms with Gasteiger partial charge in [0.1, 0.15) is 0 Å².